The second-order valence-electron chi connectivity index (χ2n) is 13.6. The predicted octanol–water partition coefficient (Wildman–Crippen LogP) is 8.13. The van der Waals surface area contributed by atoms with Gasteiger partial charge >= 0.3 is 5.97 Å². The number of ether oxygens (including phenoxy) is 2. The number of esters is 1. The van der Waals surface area contributed by atoms with Gasteiger partial charge in [-0.05, 0) is 46.0 Å². The third kappa shape index (κ3) is 8.55. The van der Waals surface area contributed by atoms with E-state index < -0.39 is 34.7 Å². The Balaban J connectivity index is 1.04. The van der Waals surface area contributed by atoms with E-state index in [4.69, 9.17) is 30.9 Å². The number of halogens is 1. The fourth-order valence-corrected chi connectivity index (χ4v) is 10.1. The van der Waals surface area contributed by atoms with E-state index >= 15 is 0 Å². The largest absolute Gasteiger partial charge is 0.497 e. The van der Waals surface area contributed by atoms with Crippen LogP contribution in [0.1, 0.15) is 32.8 Å². The first-order chi connectivity index (χ1) is 29.8. The highest BCUT2D eigenvalue weighted by Crippen LogP contribution is 2.43. The molecule has 0 aliphatic carbocycles. The maximum absolute atomic E-state index is 14.1. The van der Waals surface area contributed by atoms with E-state index in [0.717, 1.165) is 22.3 Å². The molecule has 6 aromatic rings. The number of oxime groups is 1. The zero-order valence-corrected chi connectivity index (χ0v) is 35.9. The van der Waals surface area contributed by atoms with E-state index in [1.165, 1.54) is 46.4 Å². The average molecular weight is 889 g/mol. The molecule has 0 radical (unpaired) electrons. The zero-order chi connectivity index (χ0) is 42.3. The summed E-state index contributed by atoms with van der Waals surface area (Å²) in [4.78, 5) is 58.0. The Bertz CT molecular complexity index is 2520. The number of benzene rings is 4. The molecule has 61 heavy (non-hydrogen) atoms. The number of thioether (sulfide) groups is 1. The molecule has 2 aliphatic heterocycles. The van der Waals surface area contributed by atoms with Gasteiger partial charge in [0.05, 0.1) is 17.5 Å². The van der Waals surface area contributed by atoms with Crippen molar-refractivity contribution in [2.75, 3.05) is 25.3 Å². The van der Waals surface area contributed by atoms with Crippen LogP contribution in [0.4, 0.5) is 5.13 Å². The van der Waals surface area contributed by atoms with Crippen LogP contribution in [0, 0.1) is 0 Å². The van der Waals surface area contributed by atoms with Crippen molar-refractivity contribution in [2.45, 2.75) is 23.6 Å². The SMILES string of the molecule is CON=C(C(=O)NC1C(=O)N2C(C(=O)OCc3ccc(OC)cc3)=C(C=Cc3scnc3Cl)CS[C@@H]12)c1csc(NC(c2ccccc2)(c2ccccc2)c2ccccc2)n1. The van der Waals surface area contributed by atoms with E-state index in [0.29, 0.717) is 32.2 Å². The molecule has 4 heterocycles. The van der Waals surface area contributed by atoms with E-state index in [9.17, 15) is 14.4 Å². The van der Waals surface area contributed by atoms with Gasteiger partial charge < -0.3 is 24.9 Å². The van der Waals surface area contributed by atoms with Gasteiger partial charge in [-0.25, -0.2) is 14.8 Å². The molecule has 12 nitrogen and oxygen atoms in total. The summed E-state index contributed by atoms with van der Waals surface area (Å²) in [5.41, 5.74) is 5.21. The van der Waals surface area contributed by atoms with Crippen LogP contribution < -0.4 is 15.4 Å². The van der Waals surface area contributed by atoms with Gasteiger partial charge in [0, 0.05) is 11.1 Å². The number of anilines is 1. The van der Waals surface area contributed by atoms with E-state index in [2.05, 4.69) is 57.2 Å². The normalized spacial score (nSPS) is 16.5. The van der Waals surface area contributed by atoms with Crippen molar-refractivity contribution in [3.63, 3.8) is 0 Å². The van der Waals surface area contributed by atoms with Crippen molar-refractivity contribution in [2.24, 2.45) is 5.16 Å². The first-order valence-electron chi connectivity index (χ1n) is 18.9. The molecule has 4 aromatic carbocycles. The Kier molecular flexibility index (Phi) is 12.6. The third-order valence-corrected chi connectivity index (χ3v) is 13.3. The molecule has 0 bridgehead atoms. The third-order valence-electron chi connectivity index (χ3n) is 10.1. The number of allylic oxidation sites excluding steroid dienone is 1. The Labute approximate surface area is 368 Å². The van der Waals surface area contributed by atoms with Crippen LogP contribution in [0.15, 0.2) is 149 Å². The summed E-state index contributed by atoms with van der Waals surface area (Å²) < 4.78 is 11.0. The number of carbonyl (C=O) groups excluding carboxylic acids is 3. The van der Waals surface area contributed by atoms with Crippen molar-refractivity contribution in [1.82, 2.24) is 20.2 Å². The number of rotatable bonds is 15. The molecule has 16 heteroatoms. The highest BCUT2D eigenvalue weighted by Gasteiger charge is 2.54. The lowest BCUT2D eigenvalue weighted by Crippen LogP contribution is -2.71. The summed E-state index contributed by atoms with van der Waals surface area (Å²) in [5, 5.41) is 12.6. The lowest BCUT2D eigenvalue weighted by Gasteiger charge is -2.49. The average Bonchev–Trinajstić information content (AvgIpc) is 3.96. The number of nitrogens with zero attached hydrogens (tertiary/aromatic N) is 4. The number of methoxy groups -OCH3 is 1. The van der Waals surface area contributed by atoms with E-state index in [1.54, 1.807) is 54.4 Å². The monoisotopic (exact) mass is 888 g/mol. The van der Waals surface area contributed by atoms with Crippen molar-refractivity contribution < 1.29 is 28.7 Å². The summed E-state index contributed by atoms with van der Waals surface area (Å²) >= 11 is 10.3. The van der Waals surface area contributed by atoms with Crippen LogP contribution in [-0.2, 0) is 36.1 Å². The maximum Gasteiger partial charge on any atom is 0.355 e. The second kappa shape index (κ2) is 18.6. The number of hydrogen-bond acceptors (Lipinski definition) is 13. The minimum Gasteiger partial charge on any atom is -0.497 e. The molecule has 2 N–H and O–H groups in total. The lowest BCUT2D eigenvalue weighted by atomic mass is 9.77. The van der Waals surface area contributed by atoms with Gasteiger partial charge in [-0.2, -0.15) is 0 Å². The Morgan fingerprint density at radius 2 is 1.54 bits per heavy atom. The fraction of sp³-hybridized carbons (Fsp3) is 0.156. The van der Waals surface area contributed by atoms with E-state index in [1.807, 2.05) is 54.6 Å². The first-order valence-corrected chi connectivity index (χ1v) is 22.1. The lowest BCUT2D eigenvalue weighted by molar-refractivity contribution is -0.153. The summed E-state index contributed by atoms with van der Waals surface area (Å²) in [6.07, 6.45) is 3.50. The summed E-state index contributed by atoms with van der Waals surface area (Å²) in [6.45, 7) is -0.0332. The topological polar surface area (TPSA) is 144 Å². The first kappa shape index (κ1) is 41.5. The van der Waals surface area contributed by atoms with Gasteiger partial charge in [0.15, 0.2) is 10.8 Å². The number of nitrogens with one attached hydrogen (secondary N) is 2. The van der Waals surface area contributed by atoms with Crippen molar-refractivity contribution in [3.8, 4) is 5.75 Å². The summed E-state index contributed by atoms with van der Waals surface area (Å²) in [5.74, 6) is -0.834. The molecule has 2 aliphatic rings. The van der Waals surface area contributed by atoms with Gasteiger partial charge in [-0.15, -0.1) is 34.4 Å². The number of hydrogen-bond donors (Lipinski definition) is 2. The molecule has 1 unspecified atom stereocenters. The fourth-order valence-electron chi connectivity index (χ4n) is 7.11. The predicted molar refractivity (Wildman–Crippen MR) is 239 cm³/mol. The molecule has 2 amide bonds. The van der Waals surface area contributed by atoms with Crippen LogP contribution >= 0.6 is 46.0 Å². The van der Waals surface area contributed by atoms with E-state index in [-0.39, 0.29) is 23.7 Å². The van der Waals surface area contributed by atoms with Gasteiger partial charge in [-0.3, -0.25) is 14.5 Å². The molecule has 0 saturated carbocycles. The molecule has 2 atom stereocenters. The highest BCUT2D eigenvalue weighted by molar-refractivity contribution is 8.00. The van der Waals surface area contributed by atoms with Crippen LogP contribution in [0.25, 0.3) is 6.08 Å². The minimum atomic E-state index is -0.983. The number of carbonyl (C=O) groups is 3. The molecular weight excluding hydrogens is 852 g/mol. The Hall–Kier alpha value is -6.26. The molecule has 1 saturated heterocycles. The van der Waals surface area contributed by atoms with Gasteiger partial charge in [-0.1, -0.05) is 126 Å². The number of β-lactam (4-membered cyclic amide) rings is 1. The quantitative estimate of drug-likeness (QED) is 0.0341. The maximum atomic E-state index is 14.1. The van der Waals surface area contributed by atoms with Gasteiger partial charge in [0.25, 0.3) is 11.8 Å². The van der Waals surface area contributed by atoms with Crippen molar-refractivity contribution in [3.05, 3.63) is 181 Å². The number of aromatic nitrogens is 2. The Morgan fingerprint density at radius 3 is 2.11 bits per heavy atom. The van der Waals surface area contributed by atoms with Crippen LogP contribution in [-0.4, -0.2) is 69.8 Å². The minimum absolute atomic E-state index is 0.0332. The number of amides is 2. The summed E-state index contributed by atoms with van der Waals surface area (Å²) in [6, 6.07) is 36.4. The smallest absolute Gasteiger partial charge is 0.355 e. The zero-order valence-electron chi connectivity index (χ0n) is 32.7. The number of fused-ring (bicyclic) bond motifs is 1. The van der Waals surface area contributed by atoms with Gasteiger partial charge in [0.2, 0.25) is 0 Å². The van der Waals surface area contributed by atoms with Crippen LogP contribution in [0.3, 0.4) is 0 Å². The summed E-state index contributed by atoms with van der Waals surface area (Å²) in [7, 11) is 2.90. The second-order valence-corrected chi connectivity index (χ2v) is 16.8. The number of thiazole rings is 2. The highest BCUT2D eigenvalue weighted by atomic mass is 35.5. The standard InChI is InChI=1S/C45H37ClN6O6S3/c1-56-33-21-18-28(19-22-33)24-58-43(55)38-29(20-23-35-39(46)47-27-61-35)25-59-42-37(41(54)52(38)42)49-40(53)36(51-57-2)34-26-60-44(48-34)50-45(30-12-6-3-7-13-30,31-14-8-4-9-15-31)32-16-10-5-11-17-32/h3-23,26-27,37,42H,24-25H2,1-2H3,(H,48,50)(H,49,53)/t37?,42-/m0/s1. The van der Waals surface area contributed by atoms with Crippen molar-refractivity contribution >= 4 is 80.7 Å². The van der Waals surface area contributed by atoms with Gasteiger partial charge in [0.1, 0.15) is 53.0 Å². The molecule has 0 spiro atoms. The molecule has 2 aromatic heterocycles. The van der Waals surface area contributed by atoms with Crippen LogP contribution in [0.2, 0.25) is 5.15 Å². The Morgan fingerprint density at radius 1 is 0.902 bits per heavy atom. The molecule has 8 rings (SSSR count). The molecule has 308 valence electrons. The van der Waals surface area contributed by atoms with Crippen LogP contribution in [0.5, 0.6) is 5.75 Å². The molecule has 1 fully saturated rings. The molecular formula is C45H37ClN6O6S3. The van der Waals surface area contributed by atoms with Crippen molar-refractivity contribution in [1.29, 1.82) is 0 Å².